The van der Waals surface area contributed by atoms with Crippen LogP contribution in [0.25, 0.3) is 0 Å². The summed E-state index contributed by atoms with van der Waals surface area (Å²) >= 11 is 0. The fraction of sp³-hybridized carbons (Fsp3) is 0.500. The van der Waals surface area contributed by atoms with E-state index in [-0.39, 0.29) is 0 Å². The predicted molar refractivity (Wildman–Crippen MR) is 22.0 cm³/mol. The van der Waals surface area contributed by atoms with Crippen LogP contribution in [0.3, 0.4) is 0 Å². The second-order valence-electron chi connectivity index (χ2n) is 0.805. The quantitative estimate of drug-likeness (QED) is 0.341. The third-order valence-electron chi connectivity index (χ3n) is 0.305. The Balaban J connectivity index is 2.83. The molecule has 0 aromatic heterocycles. The summed E-state index contributed by atoms with van der Waals surface area (Å²) in [6, 6.07) is 0. The first-order valence-corrected chi connectivity index (χ1v) is 1.76. The molecule has 0 saturated carbocycles. The van der Waals surface area contributed by atoms with Gasteiger partial charge in [-0.15, -0.1) is 0 Å². The molecule has 0 fully saturated rings. The van der Waals surface area contributed by atoms with Crippen molar-refractivity contribution >= 4 is 5.97 Å². The Labute approximate surface area is 37.1 Å². The molecule has 0 N–H and O–H groups in total. The van der Waals surface area contributed by atoms with E-state index in [1.54, 1.807) is 6.92 Å². The monoisotopic (exact) mass is 87.0 g/mol. The molecule has 0 heterocycles. The van der Waals surface area contributed by atoms with Gasteiger partial charge in [0.1, 0.15) is 0 Å². The highest BCUT2D eigenvalue weighted by atomic mass is 16.5. The Morgan fingerprint density at radius 1 is 2.00 bits per heavy atom. The van der Waals surface area contributed by atoms with E-state index in [0.29, 0.717) is 6.61 Å². The zero-order valence-corrected chi connectivity index (χ0v) is 3.73. The summed E-state index contributed by atoms with van der Waals surface area (Å²) in [6.45, 7) is 5.13. The minimum Gasteiger partial charge on any atom is -0.430 e. The van der Waals surface area contributed by atoms with E-state index < -0.39 is 5.97 Å². The van der Waals surface area contributed by atoms with Crippen molar-refractivity contribution in [1.29, 1.82) is 0 Å². The number of esters is 1. The van der Waals surface area contributed by atoms with E-state index in [4.69, 9.17) is 0 Å². The van der Waals surface area contributed by atoms with Gasteiger partial charge in [0.2, 0.25) is 0 Å². The Bertz CT molecular complexity index is 49.5. The third-order valence-corrected chi connectivity index (χ3v) is 0.305. The normalized spacial score (nSPS) is 7.50. The molecule has 6 heavy (non-hydrogen) atoms. The molecule has 0 aromatic rings. The molecule has 0 bridgehead atoms. The fourth-order valence-corrected chi connectivity index (χ4v) is 0.161. The van der Waals surface area contributed by atoms with Crippen LogP contribution >= 0.6 is 0 Å². The third kappa shape index (κ3) is 3.34. The van der Waals surface area contributed by atoms with E-state index in [1.165, 1.54) is 0 Å². The molecular weight excluding hydrogens is 80.0 g/mol. The van der Waals surface area contributed by atoms with Gasteiger partial charge in [0.15, 0.2) is 6.92 Å². The molecule has 34 valence electrons. The Morgan fingerprint density at radius 3 is 2.50 bits per heavy atom. The maximum Gasteiger partial charge on any atom is 0.493 e. The summed E-state index contributed by atoms with van der Waals surface area (Å²) in [5, 5.41) is 0. The molecule has 0 aliphatic heterocycles. The number of ether oxygens (including phenoxy) is 1. The average molecular weight is 87.1 g/mol. The van der Waals surface area contributed by atoms with Crippen LogP contribution in [0.4, 0.5) is 0 Å². The summed E-state index contributed by atoms with van der Waals surface area (Å²) in [5.74, 6) is -0.461. The zero-order chi connectivity index (χ0) is 4.99. The molecule has 0 amide bonds. The highest BCUT2D eigenvalue weighted by molar-refractivity contribution is 5.73. The number of hydrogen-bond acceptors (Lipinski definition) is 2. The van der Waals surface area contributed by atoms with Crippen molar-refractivity contribution in [3.63, 3.8) is 0 Å². The van der Waals surface area contributed by atoms with Gasteiger partial charge in [-0.05, 0) is 6.92 Å². The van der Waals surface area contributed by atoms with Crippen molar-refractivity contribution in [2.45, 2.75) is 6.92 Å². The van der Waals surface area contributed by atoms with Crippen molar-refractivity contribution in [2.75, 3.05) is 6.61 Å². The fourth-order valence-electron chi connectivity index (χ4n) is 0.161. The molecule has 0 aliphatic rings. The van der Waals surface area contributed by atoms with Gasteiger partial charge in [-0.2, -0.15) is 4.79 Å². The van der Waals surface area contributed by atoms with Crippen LogP contribution < -0.4 is 0 Å². The van der Waals surface area contributed by atoms with Crippen molar-refractivity contribution < 1.29 is 9.53 Å². The van der Waals surface area contributed by atoms with E-state index in [9.17, 15) is 4.79 Å². The molecule has 0 unspecified atom stereocenters. The lowest BCUT2D eigenvalue weighted by atomic mass is 10.8. The number of carbonyl (C=O) groups excluding carboxylic acids is 1. The summed E-state index contributed by atoms with van der Waals surface area (Å²) in [5.41, 5.74) is 0. The minimum absolute atomic E-state index is 0.419. The topological polar surface area (TPSA) is 26.3 Å². The molecule has 0 spiro atoms. The predicted octanol–water partition coefficient (Wildman–Crippen LogP) is 0.384. The van der Waals surface area contributed by atoms with E-state index in [2.05, 4.69) is 11.7 Å². The Morgan fingerprint density at radius 2 is 2.50 bits per heavy atom. The second-order valence-corrected chi connectivity index (χ2v) is 0.805. The highest BCUT2D eigenvalue weighted by Gasteiger charge is 1.93. The second kappa shape index (κ2) is 2.57. The van der Waals surface area contributed by atoms with Gasteiger partial charge in [0, 0.05) is 0 Å². The number of rotatable bonds is 1. The lowest BCUT2D eigenvalue weighted by molar-refractivity contribution is -0.137. The van der Waals surface area contributed by atoms with Crippen LogP contribution in [-0.2, 0) is 9.53 Å². The van der Waals surface area contributed by atoms with Crippen LogP contribution in [0.15, 0.2) is 0 Å². The van der Waals surface area contributed by atoms with E-state index >= 15 is 0 Å². The van der Waals surface area contributed by atoms with Gasteiger partial charge in [0.05, 0.1) is 6.61 Å². The van der Waals surface area contributed by atoms with Crippen molar-refractivity contribution in [3.05, 3.63) is 6.92 Å². The lowest BCUT2D eigenvalue weighted by Gasteiger charge is -1.82. The zero-order valence-electron chi connectivity index (χ0n) is 3.73. The summed E-state index contributed by atoms with van der Waals surface area (Å²) in [4.78, 5) is 9.71. The van der Waals surface area contributed by atoms with Gasteiger partial charge in [-0.3, -0.25) is 0 Å². The maximum absolute atomic E-state index is 9.71. The molecule has 0 aliphatic carbocycles. The summed E-state index contributed by atoms with van der Waals surface area (Å²) in [6.07, 6.45) is 0. The summed E-state index contributed by atoms with van der Waals surface area (Å²) < 4.78 is 4.29. The molecule has 2 nitrogen and oxygen atoms in total. The van der Waals surface area contributed by atoms with E-state index in [0.717, 1.165) is 0 Å². The van der Waals surface area contributed by atoms with Gasteiger partial charge in [-0.1, -0.05) is 0 Å². The molecule has 0 atom stereocenters. The minimum atomic E-state index is -0.461. The average Bonchev–Trinajstić information content (AvgIpc) is 1.35. The Kier molecular flexibility index (Phi) is 2.29. The van der Waals surface area contributed by atoms with Crippen LogP contribution in [0.5, 0.6) is 0 Å². The van der Waals surface area contributed by atoms with Crippen molar-refractivity contribution in [3.8, 4) is 0 Å². The highest BCUT2D eigenvalue weighted by Crippen LogP contribution is 1.68. The van der Waals surface area contributed by atoms with Crippen LogP contribution in [0.1, 0.15) is 6.92 Å². The Hall–Kier alpha value is -0.660. The largest absolute Gasteiger partial charge is 0.493 e. The molecule has 0 aromatic carbocycles. The standard InChI is InChI=1S/C4H7O2/c1-3-6-4(2)5/h2-3H2,1H3/q+1. The molecule has 0 radical (unpaired) electrons. The lowest BCUT2D eigenvalue weighted by Crippen LogP contribution is -1.95. The van der Waals surface area contributed by atoms with Crippen molar-refractivity contribution in [2.24, 2.45) is 0 Å². The van der Waals surface area contributed by atoms with Gasteiger partial charge in [-0.25, -0.2) is 0 Å². The maximum atomic E-state index is 9.71. The number of carbonyl (C=O) groups is 1. The smallest absolute Gasteiger partial charge is 0.430 e. The van der Waals surface area contributed by atoms with Crippen molar-refractivity contribution in [1.82, 2.24) is 0 Å². The SMILES string of the molecule is [CH2+]C(=O)OCC. The first-order chi connectivity index (χ1) is 2.77. The molecule has 0 rings (SSSR count). The van der Waals surface area contributed by atoms with Crippen LogP contribution in [0.2, 0.25) is 0 Å². The van der Waals surface area contributed by atoms with Crippen LogP contribution in [0, 0.1) is 6.92 Å². The molecule has 2 heteroatoms. The molecular formula is C4H7O2+. The number of hydrogen-bond donors (Lipinski definition) is 0. The first-order valence-electron chi connectivity index (χ1n) is 1.76. The van der Waals surface area contributed by atoms with Gasteiger partial charge < -0.3 is 4.74 Å². The van der Waals surface area contributed by atoms with Gasteiger partial charge in [0.25, 0.3) is 0 Å². The van der Waals surface area contributed by atoms with Crippen LogP contribution in [-0.4, -0.2) is 12.6 Å². The van der Waals surface area contributed by atoms with Gasteiger partial charge >= 0.3 is 5.97 Å². The summed E-state index contributed by atoms with van der Waals surface area (Å²) in [7, 11) is 0. The van der Waals surface area contributed by atoms with E-state index in [1.807, 2.05) is 0 Å². The first kappa shape index (κ1) is 5.34. The molecule has 0 saturated heterocycles.